The minimum atomic E-state index is 0.439. The summed E-state index contributed by atoms with van der Waals surface area (Å²) in [5, 5.41) is 8.61. The highest BCUT2D eigenvalue weighted by Crippen LogP contribution is 2.21. The van der Waals surface area contributed by atoms with Crippen molar-refractivity contribution >= 4 is 0 Å². The van der Waals surface area contributed by atoms with E-state index in [1.54, 1.807) is 0 Å². The molecule has 1 aliphatic rings. The van der Waals surface area contributed by atoms with Crippen molar-refractivity contribution < 1.29 is 0 Å². The lowest BCUT2D eigenvalue weighted by molar-refractivity contribution is 0.555. The van der Waals surface area contributed by atoms with Crippen LogP contribution in [0.15, 0.2) is 0 Å². The molecule has 2 N–H and O–H groups in total. The first kappa shape index (κ1) is 10.6. The van der Waals surface area contributed by atoms with Crippen LogP contribution in [0.1, 0.15) is 50.2 Å². The second kappa shape index (κ2) is 4.75. The monoisotopic (exact) mass is 208 g/mol. The van der Waals surface area contributed by atoms with E-state index in [2.05, 4.69) is 21.7 Å². The SMILES string of the molecule is CC(CCN)c1nnc2n1CCCCC2. The summed E-state index contributed by atoms with van der Waals surface area (Å²) in [5.74, 6) is 2.75. The third kappa shape index (κ3) is 2.20. The Labute approximate surface area is 90.9 Å². The molecule has 1 aromatic rings. The summed E-state index contributed by atoms with van der Waals surface area (Å²) < 4.78 is 2.31. The van der Waals surface area contributed by atoms with Crippen LogP contribution in [0.3, 0.4) is 0 Å². The number of nitrogens with two attached hydrogens (primary N) is 1. The van der Waals surface area contributed by atoms with Crippen molar-refractivity contribution in [1.82, 2.24) is 14.8 Å². The van der Waals surface area contributed by atoms with Gasteiger partial charge in [-0.1, -0.05) is 13.3 Å². The Morgan fingerprint density at radius 1 is 1.33 bits per heavy atom. The summed E-state index contributed by atoms with van der Waals surface area (Å²) >= 11 is 0. The molecule has 1 aromatic heterocycles. The maximum absolute atomic E-state index is 5.59. The van der Waals surface area contributed by atoms with Crippen molar-refractivity contribution in [3.63, 3.8) is 0 Å². The number of nitrogens with zero attached hydrogens (tertiary/aromatic N) is 3. The molecule has 1 atom stereocenters. The molecule has 0 aliphatic carbocycles. The van der Waals surface area contributed by atoms with Crippen LogP contribution in [0.25, 0.3) is 0 Å². The van der Waals surface area contributed by atoms with Crippen molar-refractivity contribution in [2.24, 2.45) is 5.73 Å². The topological polar surface area (TPSA) is 56.7 Å². The molecule has 0 aromatic carbocycles. The predicted molar refractivity (Wildman–Crippen MR) is 59.7 cm³/mol. The van der Waals surface area contributed by atoms with Gasteiger partial charge in [0, 0.05) is 18.9 Å². The van der Waals surface area contributed by atoms with Gasteiger partial charge in [-0.3, -0.25) is 0 Å². The van der Waals surface area contributed by atoms with Crippen LogP contribution in [0.5, 0.6) is 0 Å². The van der Waals surface area contributed by atoms with Crippen molar-refractivity contribution in [1.29, 1.82) is 0 Å². The first-order valence-electron chi connectivity index (χ1n) is 5.95. The Morgan fingerprint density at radius 3 is 3.00 bits per heavy atom. The second-order valence-corrected chi connectivity index (χ2v) is 4.42. The Balaban J connectivity index is 2.21. The lowest BCUT2D eigenvalue weighted by Gasteiger charge is -2.12. The zero-order chi connectivity index (χ0) is 10.7. The summed E-state index contributed by atoms with van der Waals surface area (Å²) in [6.07, 6.45) is 5.91. The van der Waals surface area contributed by atoms with Crippen LogP contribution >= 0.6 is 0 Å². The molecule has 1 unspecified atom stereocenters. The number of hydrogen-bond donors (Lipinski definition) is 1. The Hall–Kier alpha value is -0.900. The molecule has 0 bridgehead atoms. The largest absolute Gasteiger partial charge is 0.330 e. The summed E-state index contributed by atoms with van der Waals surface area (Å²) in [4.78, 5) is 0. The first-order chi connectivity index (χ1) is 7.33. The molecule has 0 amide bonds. The van der Waals surface area contributed by atoms with E-state index in [0.29, 0.717) is 5.92 Å². The van der Waals surface area contributed by atoms with E-state index in [1.165, 1.54) is 25.1 Å². The van der Waals surface area contributed by atoms with Crippen LogP contribution in [0.4, 0.5) is 0 Å². The van der Waals surface area contributed by atoms with Crippen molar-refractivity contribution in [3.05, 3.63) is 11.6 Å². The summed E-state index contributed by atoms with van der Waals surface area (Å²) in [6.45, 7) is 4.00. The summed E-state index contributed by atoms with van der Waals surface area (Å²) in [5.41, 5.74) is 5.59. The average molecular weight is 208 g/mol. The quantitative estimate of drug-likeness (QED) is 0.818. The number of aromatic nitrogens is 3. The molecule has 2 heterocycles. The van der Waals surface area contributed by atoms with Crippen LogP contribution in [-0.4, -0.2) is 21.3 Å². The summed E-state index contributed by atoms with van der Waals surface area (Å²) in [6, 6.07) is 0. The van der Waals surface area contributed by atoms with Gasteiger partial charge in [0.2, 0.25) is 0 Å². The fraction of sp³-hybridized carbons (Fsp3) is 0.818. The van der Waals surface area contributed by atoms with Gasteiger partial charge >= 0.3 is 0 Å². The molecule has 0 fully saturated rings. The van der Waals surface area contributed by atoms with Crippen LogP contribution in [0.2, 0.25) is 0 Å². The number of fused-ring (bicyclic) bond motifs is 1. The van der Waals surface area contributed by atoms with Crippen LogP contribution in [-0.2, 0) is 13.0 Å². The zero-order valence-electron chi connectivity index (χ0n) is 9.45. The van der Waals surface area contributed by atoms with Crippen LogP contribution in [0, 0.1) is 0 Å². The molecule has 0 saturated heterocycles. The number of rotatable bonds is 3. The van der Waals surface area contributed by atoms with Gasteiger partial charge in [-0.25, -0.2) is 0 Å². The van der Waals surface area contributed by atoms with E-state index in [-0.39, 0.29) is 0 Å². The average Bonchev–Trinajstić information content (AvgIpc) is 2.48. The standard InChI is InChI=1S/C11H20N4/c1-9(6-7-12)11-14-13-10-5-3-2-4-8-15(10)11/h9H,2-8,12H2,1H3. The Kier molecular flexibility index (Phi) is 3.36. The molecule has 15 heavy (non-hydrogen) atoms. The van der Waals surface area contributed by atoms with Crippen LogP contribution < -0.4 is 5.73 Å². The molecule has 4 heteroatoms. The smallest absolute Gasteiger partial charge is 0.135 e. The third-order valence-corrected chi connectivity index (χ3v) is 3.18. The van der Waals surface area contributed by atoms with E-state index in [4.69, 9.17) is 5.73 Å². The zero-order valence-corrected chi connectivity index (χ0v) is 9.45. The van der Waals surface area contributed by atoms with E-state index in [1.807, 2.05) is 0 Å². The van der Waals surface area contributed by atoms with Gasteiger partial charge < -0.3 is 10.3 Å². The molecule has 0 saturated carbocycles. The highest BCUT2D eigenvalue weighted by molar-refractivity contribution is 5.02. The van der Waals surface area contributed by atoms with Gasteiger partial charge in [-0.2, -0.15) is 0 Å². The highest BCUT2D eigenvalue weighted by Gasteiger charge is 2.18. The normalized spacial score (nSPS) is 18.3. The fourth-order valence-corrected chi connectivity index (χ4v) is 2.25. The van der Waals surface area contributed by atoms with E-state index >= 15 is 0 Å². The van der Waals surface area contributed by atoms with Crippen molar-refractivity contribution in [2.45, 2.75) is 51.5 Å². The predicted octanol–water partition coefficient (Wildman–Crippen LogP) is 1.46. The van der Waals surface area contributed by atoms with Gasteiger partial charge in [-0.15, -0.1) is 10.2 Å². The van der Waals surface area contributed by atoms with Gasteiger partial charge in [0.05, 0.1) is 0 Å². The maximum atomic E-state index is 5.59. The van der Waals surface area contributed by atoms with E-state index in [9.17, 15) is 0 Å². The molecule has 84 valence electrons. The highest BCUT2D eigenvalue weighted by atomic mass is 15.3. The van der Waals surface area contributed by atoms with Gasteiger partial charge in [-0.05, 0) is 25.8 Å². The van der Waals surface area contributed by atoms with Gasteiger partial charge in [0.25, 0.3) is 0 Å². The van der Waals surface area contributed by atoms with Gasteiger partial charge in [0.15, 0.2) is 0 Å². The minimum absolute atomic E-state index is 0.439. The molecule has 0 radical (unpaired) electrons. The first-order valence-corrected chi connectivity index (χ1v) is 5.95. The molecule has 4 nitrogen and oxygen atoms in total. The molecular weight excluding hydrogens is 188 g/mol. The van der Waals surface area contributed by atoms with E-state index in [0.717, 1.165) is 31.8 Å². The summed E-state index contributed by atoms with van der Waals surface area (Å²) in [7, 11) is 0. The minimum Gasteiger partial charge on any atom is -0.330 e. The van der Waals surface area contributed by atoms with Crippen molar-refractivity contribution in [3.8, 4) is 0 Å². The lowest BCUT2D eigenvalue weighted by atomic mass is 10.1. The Bertz CT molecular complexity index is 318. The lowest BCUT2D eigenvalue weighted by Crippen LogP contribution is -2.12. The molecular formula is C11H20N4. The molecule has 2 rings (SSSR count). The fourth-order valence-electron chi connectivity index (χ4n) is 2.25. The number of hydrogen-bond acceptors (Lipinski definition) is 3. The molecule has 1 aliphatic heterocycles. The third-order valence-electron chi connectivity index (χ3n) is 3.18. The van der Waals surface area contributed by atoms with E-state index < -0.39 is 0 Å². The number of aryl methyl sites for hydroxylation is 1. The second-order valence-electron chi connectivity index (χ2n) is 4.42. The molecule has 0 spiro atoms. The van der Waals surface area contributed by atoms with Gasteiger partial charge in [0.1, 0.15) is 11.6 Å². The maximum Gasteiger partial charge on any atom is 0.135 e. The van der Waals surface area contributed by atoms with Crippen molar-refractivity contribution in [2.75, 3.05) is 6.54 Å². The Morgan fingerprint density at radius 2 is 2.20 bits per heavy atom.